The van der Waals surface area contributed by atoms with E-state index in [9.17, 15) is 5.11 Å². The third-order valence-corrected chi connectivity index (χ3v) is 6.07. The molecule has 11 heteroatoms. The topological polar surface area (TPSA) is 128 Å². The fraction of sp³-hybridized carbons (Fsp3) is 0.286. The van der Waals surface area contributed by atoms with Crippen LogP contribution >= 0.6 is 11.3 Å². The van der Waals surface area contributed by atoms with Crippen LogP contribution in [0, 0.1) is 0 Å². The van der Waals surface area contributed by atoms with Crippen molar-refractivity contribution in [2.75, 3.05) is 13.2 Å². The molecule has 4 aromatic rings. The monoisotopic (exact) mass is 450 g/mol. The summed E-state index contributed by atoms with van der Waals surface area (Å²) in [6, 6.07) is 7.52. The lowest BCUT2D eigenvalue weighted by Gasteiger charge is -2.17. The first-order chi connectivity index (χ1) is 15.7. The van der Waals surface area contributed by atoms with Crippen molar-refractivity contribution in [3.05, 3.63) is 47.5 Å². The molecular formula is C21H18N6O4S. The highest BCUT2D eigenvalue weighted by molar-refractivity contribution is 7.07. The number of H-pyrrole nitrogens is 1. The second-order valence-electron chi connectivity index (χ2n) is 7.53. The Kier molecular flexibility index (Phi) is 4.87. The summed E-state index contributed by atoms with van der Waals surface area (Å²) in [6.45, 7) is 0.633. The van der Waals surface area contributed by atoms with Crippen LogP contribution in [0.1, 0.15) is 0 Å². The number of rotatable bonds is 5. The molecule has 4 atom stereocenters. The van der Waals surface area contributed by atoms with Gasteiger partial charge in [0.2, 0.25) is 5.88 Å². The molecule has 0 saturated carbocycles. The number of hydrogen-bond acceptors (Lipinski definition) is 10. The second kappa shape index (κ2) is 8.02. The van der Waals surface area contributed by atoms with E-state index in [0.29, 0.717) is 24.1 Å². The van der Waals surface area contributed by atoms with Crippen molar-refractivity contribution in [1.29, 1.82) is 0 Å². The minimum atomic E-state index is -0.603. The summed E-state index contributed by atoms with van der Waals surface area (Å²) in [6.07, 6.45) is 1.96. The third kappa shape index (κ3) is 3.54. The maximum absolute atomic E-state index is 9.84. The number of aliphatic hydroxyl groups excluding tert-OH is 1. The molecule has 2 saturated heterocycles. The largest absolute Gasteiger partial charge is 0.469 e. The molecule has 10 nitrogen and oxygen atoms in total. The zero-order chi connectivity index (χ0) is 21.5. The van der Waals surface area contributed by atoms with E-state index in [-0.39, 0.29) is 24.9 Å². The molecule has 0 aliphatic carbocycles. The Labute approximate surface area is 186 Å². The summed E-state index contributed by atoms with van der Waals surface area (Å²) in [5.41, 5.74) is 4.98. The molecule has 6 rings (SSSR count). The minimum Gasteiger partial charge on any atom is -0.469 e. The first-order valence-corrected chi connectivity index (χ1v) is 11.0. The molecule has 4 aromatic heterocycles. The average molecular weight is 450 g/mol. The van der Waals surface area contributed by atoms with Gasteiger partial charge in [0.25, 0.3) is 0 Å². The Morgan fingerprint density at radius 1 is 0.906 bits per heavy atom. The van der Waals surface area contributed by atoms with E-state index in [4.69, 9.17) is 14.2 Å². The van der Waals surface area contributed by atoms with Crippen molar-refractivity contribution < 1.29 is 19.3 Å². The molecule has 2 fully saturated rings. The number of hydrogen-bond donors (Lipinski definition) is 2. The third-order valence-electron chi connectivity index (χ3n) is 5.48. The lowest BCUT2D eigenvalue weighted by Crippen LogP contribution is -2.34. The highest BCUT2D eigenvalue weighted by Crippen LogP contribution is 2.30. The predicted molar refractivity (Wildman–Crippen MR) is 114 cm³/mol. The van der Waals surface area contributed by atoms with E-state index in [2.05, 4.69) is 30.1 Å². The molecule has 0 unspecified atom stereocenters. The van der Waals surface area contributed by atoms with Gasteiger partial charge in [-0.15, -0.1) is 21.5 Å². The maximum Gasteiger partial charge on any atom is 0.213 e. The van der Waals surface area contributed by atoms with Gasteiger partial charge in [0.1, 0.15) is 24.0 Å². The molecule has 0 aromatic carbocycles. The van der Waals surface area contributed by atoms with Crippen LogP contribution in [-0.4, -0.2) is 72.9 Å². The van der Waals surface area contributed by atoms with Crippen LogP contribution in [0.4, 0.5) is 0 Å². The highest BCUT2D eigenvalue weighted by Gasteiger charge is 2.48. The van der Waals surface area contributed by atoms with Crippen LogP contribution in [0.5, 0.6) is 5.88 Å². The lowest BCUT2D eigenvalue weighted by atomic mass is 10.1. The van der Waals surface area contributed by atoms with Crippen molar-refractivity contribution in [3.63, 3.8) is 0 Å². The first-order valence-electron chi connectivity index (χ1n) is 10.1. The second-order valence-corrected chi connectivity index (χ2v) is 8.25. The van der Waals surface area contributed by atoms with Crippen LogP contribution in [0.15, 0.2) is 47.5 Å². The van der Waals surface area contributed by atoms with Gasteiger partial charge in [-0.1, -0.05) is 0 Å². The van der Waals surface area contributed by atoms with Gasteiger partial charge in [-0.2, -0.15) is 0 Å². The Morgan fingerprint density at radius 3 is 2.53 bits per heavy atom. The van der Waals surface area contributed by atoms with Gasteiger partial charge >= 0.3 is 0 Å². The lowest BCUT2D eigenvalue weighted by molar-refractivity contribution is 0.00780. The van der Waals surface area contributed by atoms with Crippen LogP contribution in [0.25, 0.3) is 34.2 Å². The smallest absolute Gasteiger partial charge is 0.213 e. The van der Waals surface area contributed by atoms with Crippen LogP contribution in [0.2, 0.25) is 0 Å². The molecule has 0 amide bonds. The van der Waals surface area contributed by atoms with Gasteiger partial charge in [-0.05, 0) is 18.2 Å². The summed E-state index contributed by atoms with van der Waals surface area (Å²) in [7, 11) is 0. The number of fused-ring (bicyclic) bond motifs is 1. The zero-order valence-electron chi connectivity index (χ0n) is 16.7. The number of nitrogens with one attached hydrogen (secondary N) is 1. The maximum atomic E-state index is 9.84. The number of aliphatic hydroxyl groups is 1. The highest BCUT2D eigenvalue weighted by atomic mass is 32.1. The van der Waals surface area contributed by atoms with Gasteiger partial charge < -0.3 is 24.3 Å². The van der Waals surface area contributed by atoms with Gasteiger partial charge in [-0.25, -0.2) is 9.97 Å². The number of thiazole rings is 1. The Bertz CT molecular complexity index is 1200. The van der Waals surface area contributed by atoms with Crippen molar-refractivity contribution in [2.24, 2.45) is 0 Å². The molecule has 2 aliphatic heterocycles. The van der Waals surface area contributed by atoms with Crippen LogP contribution < -0.4 is 4.74 Å². The van der Waals surface area contributed by atoms with E-state index in [1.54, 1.807) is 24.0 Å². The summed E-state index contributed by atoms with van der Waals surface area (Å²) in [5, 5.41) is 20.1. The summed E-state index contributed by atoms with van der Waals surface area (Å²) in [4.78, 5) is 16.3. The molecule has 6 heterocycles. The van der Waals surface area contributed by atoms with Gasteiger partial charge in [0, 0.05) is 35.0 Å². The average Bonchev–Trinajstić information content (AvgIpc) is 3.62. The minimum absolute atomic E-state index is 0.267. The molecule has 0 radical (unpaired) electrons. The molecule has 2 aliphatic rings. The molecule has 2 N–H and O–H groups in total. The van der Waals surface area contributed by atoms with Crippen LogP contribution in [0.3, 0.4) is 0 Å². The number of ether oxygens (including phenoxy) is 3. The Balaban J connectivity index is 1.14. The summed E-state index contributed by atoms with van der Waals surface area (Å²) >= 11 is 1.50. The number of pyridine rings is 2. The van der Waals surface area contributed by atoms with Gasteiger partial charge in [-0.3, -0.25) is 4.98 Å². The number of aromatic amines is 1. The molecule has 0 bridgehead atoms. The Hall–Kier alpha value is -3.25. The molecule has 162 valence electrons. The van der Waals surface area contributed by atoms with Gasteiger partial charge in [0.05, 0.1) is 24.4 Å². The van der Waals surface area contributed by atoms with Crippen molar-refractivity contribution in [3.8, 4) is 40.0 Å². The predicted octanol–water partition coefficient (Wildman–Crippen LogP) is 1.96. The van der Waals surface area contributed by atoms with Crippen molar-refractivity contribution in [2.45, 2.75) is 24.4 Å². The molecule has 0 spiro atoms. The van der Waals surface area contributed by atoms with E-state index in [0.717, 1.165) is 22.5 Å². The molecular weight excluding hydrogens is 432 g/mol. The summed E-state index contributed by atoms with van der Waals surface area (Å²) < 4.78 is 17.1. The molecule has 32 heavy (non-hydrogen) atoms. The van der Waals surface area contributed by atoms with Gasteiger partial charge in [0.15, 0.2) is 17.8 Å². The number of nitrogens with zero attached hydrogens (tertiary/aromatic N) is 5. The van der Waals surface area contributed by atoms with E-state index < -0.39 is 6.10 Å². The van der Waals surface area contributed by atoms with E-state index in [1.165, 1.54) is 11.3 Å². The Morgan fingerprint density at radius 2 is 1.75 bits per heavy atom. The zero-order valence-corrected chi connectivity index (χ0v) is 17.5. The SMILES string of the molecule is O[C@@H]1CO[C@H]2[C@@H]1OC[C@@H]2Oc1ccc(-c2ccc(-c3nnc(-c4cscn4)[nH]3)cn2)cn1. The van der Waals surface area contributed by atoms with E-state index in [1.807, 2.05) is 23.6 Å². The van der Waals surface area contributed by atoms with Crippen LogP contribution in [-0.2, 0) is 9.47 Å². The van der Waals surface area contributed by atoms with Crippen molar-refractivity contribution >= 4 is 11.3 Å². The quantitative estimate of drug-likeness (QED) is 0.469. The summed E-state index contributed by atoms with van der Waals surface area (Å²) in [5.74, 6) is 1.73. The number of aromatic nitrogens is 6. The van der Waals surface area contributed by atoms with Crippen molar-refractivity contribution in [1.82, 2.24) is 30.1 Å². The first kappa shape index (κ1) is 19.4. The normalized spacial score (nSPS) is 24.5. The fourth-order valence-electron chi connectivity index (χ4n) is 3.84. The fourth-order valence-corrected chi connectivity index (χ4v) is 4.38. The standard InChI is InChI=1S/C21H18N6O4S/c28-15-7-29-19-16(8-30-18(15)19)31-17-4-2-11(5-23-17)13-3-1-12(6-22-13)20-25-21(27-26-20)14-9-32-10-24-14/h1-6,9-10,15-16,18-19,28H,7-8H2,(H,25,26,27)/t15-,16+,18-,19-/m1/s1. The van der Waals surface area contributed by atoms with E-state index >= 15 is 0 Å².